The van der Waals surface area contributed by atoms with Gasteiger partial charge in [-0.1, -0.05) is 30.3 Å². The average molecular weight is 559 g/mol. The van der Waals surface area contributed by atoms with Crippen LogP contribution in [0.15, 0.2) is 54.6 Å². The molecule has 2 amide bonds. The number of hydrogen-bond acceptors (Lipinski definition) is 6. The average Bonchev–Trinajstić information content (AvgIpc) is 2.92. The van der Waals surface area contributed by atoms with E-state index >= 15 is 0 Å². The van der Waals surface area contributed by atoms with Gasteiger partial charge in [-0.15, -0.1) is 0 Å². The third-order valence-corrected chi connectivity index (χ3v) is 8.36. The number of methoxy groups -OCH3 is 2. The van der Waals surface area contributed by atoms with Crippen LogP contribution in [-0.4, -0.2) is 42.5 Å². The van der Waals surface area contributed by atoms with Crippen LogP contribution in [0, 0.1) is 39.5 Å². The number of aryl methyl sites for hydroxylation is 2. The van der Waals surface area contributed by atoms with Crippen LogP contribution in [0.2, 0.25) is 0 Å². The molecule has 0 aromatic heterocycles. The molecule has 4 rings (SSSR count). The Hall–Kier alpha value is -4.17. The Morgan fingerprint density at radius 2 is 1.41 bits per heavy atom. The Morgan fingerprint density at radius 1 is 0.854 bits per heavy atom. The molecular formula is C33H38N2O6. The van der Waals surface area contributed by atoms with E-state index in [0.717, 1.165) is 22.3 Å². The predicted molar refractivity (Wildman–Crippen MR) is 159 cm³/mol. The summed E-state index contributed by atoms with van der Waals surface area (Å²) in [6.07, 6.45) is -0.363. The molecule has 41 heavy (non-hydrogen) atoms. The highest BCUT2D eigenvalue weighted by Gasteiger charge is 2.56. The third-order valence-electron chi connectivity index (χ3n) is 8.36. The summed E-state index contributed by atoms with van der Waals surface area (Å²) in [5, 5.41) is 17.6. The SMILES string of the molecule is COc1ccc(C2C(C(=O)Nc3cccc(C)c3C)C(=O)CC(C)(O)C2C(=O)Nc2cccc(C)c2C)c(OC)c1. The fourth-order valence-corrected chi connectivity index (χ4v) is 5.75. The largest absolute Gasteiger partial charge is 0.497 e. The van der Waals surface area contributed by atoms with Gasteiger partial charge in [0.25, 0.3) is 0 Å². The molecular weight excluding hydrogens is 520 g/mol. The molecule has 8 heteroatoms. The summed E-state index contributed by atoms with van der Waals surface area (Å²) < 4.78 is 11.0. The molecule has 4 unspecified atom stereocenters. The van der Waals surface area contributed by atoms with Crippen LogP contribution in [0.1, 0.15) is 47.1 Å². The molecule has 8 nitrogen and oxygen atoms in total. The van der Waals surface area contributed by atoms with E-state index in [9.17, 15) is 19.5 Å². The molecule has 0 bridgehead atoms. The van der Waals surface area contributed by atoms with Gasteiger partial charge in [0.05, 0.1) is 25.7 Å². The molecule has 1 aliphatic carbocycles. The van der Waals surface area contributed by atoms with Crippen LogP contribution < -0.4 is 20.1 Å². The van der Waals surface area contributed by atoms with Crippen LogP contribution in [0.4, 0.5) is 11.4 Å². The maximum Gasteiger partial charge on any atom is 0.235 e. The zero-order valence-electron chi connectivity index (χ0n) is 24.6. The van der Waals surface area contributed by atoms with E-state index in [2.05, 4.69) is 10.6 Å². The van der Waals surface area contributed by atoms with Crippen LogP contribution in [0.25, 0.3) is 0 Å². The van der Waals surface area contributed by atoms with E-state index in [-0.39, 0.29) is 6.42 Å². The van der Waals surface area contributed by atoms with Crippen molar-refractivity contribution in [2.24, 2.45) is 11.8 Å². The van der Waals surface area contributed by atoms with Crippen LogP contribution >= 0.6 is 0 Å². The van der Waals surface area contributed by atoms with Crippen LogP contribution in [-0.2, 0) is 14.4 Å². The summed E-state index contributed by atoms with van der Waals surface area (Å²) in [4.78, 5) is 41.8. The molecule has 1 saturated carbocycles. The molecule has 3 aromatic carbocycles. The summed E-state index contributed by atoms with van der Waals surface area (Å²) in [7, 11) is 2.99. The van der Waals surface area contributed by atoms with Crippen molar-refractivity contribution < 1.29 is 29.0 Å². The van der Waals surface area contributed by atoms with Gasteiger partial charge in [-0.3, -0.25) is 14.4 Å². The number of amides is 2. The van der Waals surface area contributed by atoms with Crippen molar-refractivity contribution in [2.75, 3.05) is 24.9 Å². The third kappa shape index (κ3) is 5.84. The molecule has 0 saturated heterocycles. The highest BCUT2D eigenvalue weighted by molar-refractivity contribution is 6.11. The number of aliphatic hydroxyl groups is 1. The van der Waals surface area contributed by atoms with Crippen molar-refractivity contribution in [3.8, 4) is 11.5 Å². The lowest BCUT2D eigenvalue weighted by Crippen LogP contribution is -2.56. The Balaban J connectivity index is 1.86. The molecule has 1 fully saturated rings. The second-order valence-electron chi connectivity index (χ2n) is 11.1. The van der Waals surface area contributed by atoms with Gasteiger partial charge in [-0.05, 0) is 80.6 Å². The summed E-state index contributed by atoms with van der Waals surface area (Å²) in [5.74, 6) is -4.14. The maximum atomic E-state index is 14.1. The molecule has 3 aromatic rings. The van der Waals surface area contributed by atoms with E-state index in [1.807, 2.05) is 52.0 Å². The van der Waals surface area contributed by atoms with Crippen LogP contribution in [0.3, 0.4) is 0 Å². The standard InChI is InChI=1S/C33H38N2O6/c1-18-10-8-12-24(20(18)3)34-31(37)29-26(36)17-33(5,39)30(32(38)35-25-13-9-11-19(2)21(25)4)28(29)23-15-14-22(40-6)16-27(23)41-7/h8-16,28-30,39H,17H2,1-7H3,(H,34,37)(H,35,38). The first-order valence-electron chi connectivity index (χ1n) is 13.6. The van der Waals surface area contributed by atoms with Gasteiger partial charge >= 0.3 is 0 Å². The smallest absolute Gasteiger partial charge is 0.235 e. The van der Waals surface area contributed by atoms with Crippen LogP contribution in [0.5, 0.6) is 11.5 Å². The van der Waals surface area contributed by atoms with E-state index in [4.69, 9.17) is 9.47 Å². The zero-order chi connectivity index (χ0) is 30.1. The molecule has 4 atom stereocenters. The molecule has 1 aliphatic rings. The van der Waals surface area contributed by atoms with Crippen molar-refractivity contribution in [2.45, 2.75) is 52.6 Å². The molecule has 216 valence electrons. The molecule has 0 heterocycles. The number of anilines is 2. The highest BCUT2D eigenvalue weighted by atomic mass is 16.5. The second kappa shape index (κ2) is 11.7. The first kappa shape index (κ1) is 29.8. The minimum absolute atomic E-state index is 0.342. The fraction of sp³-hybridized carbons (Fsp3) is 0.364. The second-order valence-corrected chi connectivity index (χ2v) is 11.1. The fourth-order valence-electron chi connectivity index (χ4n) is 5.75. The van der Waals surface area contributed by atoms with Gasteiger partial charge < -0.3 is 25.2 Å². The number of hydrogen-bond donors (Lipinski definition) is 3. The molecule has 3 N–H and O–H groups in total. The highest BCUT2D eigenvalue weighted by Crippen LogP contribution is 2.49. The number of nitrogens with one attached hydrogen (secondary N) is 2. The van der Waals surface area contributed by atoms with E-state index in [1.165, 1.54) is 21.1 Å². The van der Waals surface area contributed by atoms with E-state index < -0.39 is 41.0 Å². The number of Topliss-reactive ketones (excluding diaryl/α,β-unsaturated/α-hetero) is 1. The summed E-state index contributed by atoms with van der Waals surface area (Å²) >= 11 is 0. The van der Waals surface area contributed by atoms with Crippen molar-refractivity contribution in [3.05, 3.63) is 82.4 Å². The number of carbonyl (C=O) groups is 3. The normalized spacial score (nSPS) is 22.1. The van der Waals surface area contributed by atoms with Crippen molar-refractivity contribution in [3.63, 3.8) is 0 Å². The first-order chi connectivity index (χ1) is 19.4. The number of benzene rings is 3. The van der Waals surface area contributed by atoms with Gasteiger partial charge in [0, 0.05) is 29.8 Å². The predicted octanol–water partition coefficient (Wildman–Crippen LogP) is 5.25. The van der Waals surface area contributed by atoms with Crippen molar-refractivity contribution >= 4 is 29.0 Å². The monoisotopic (exact) mass is 558 g/mol. The van der Waals surface area contributed by atoms with Gasteiger partial charge in [0.2, 0.25) is 11.8 Å². The summed E-state index contributed by atoms with van der Waals surface area (Å²) in [6.45, 7) is 9.15. The lowest BCUT2D eigenvalue weighted by Gasteiger charge is -2.44. The summed E-state index contributed by atoms with van der Waals surface area (Å²) in [6, 6.07) is 16.1. The zero-order valence-corrected chi connectivity index (χ0v) is 24.6. The molecule has 0 spiro atoms. The van der Waals surface area contributed by atoms with Gasteiger partial charge in [-0.2, -0.15) is 0 Å². The van der Waals surface area contributed by atoms with Crippen molar-refractivity contribution in [1.29, 1.82) is 0 Å². The van der Waals surface area contributed by atoms with Gasteiger partial charge in [-0.25, -0.2) is 0 Å². The Bertz CT molecular complexity index is 1500. The first-order valence-corrected chi connectivity index (χ1v) is 13.6. The summed E-state index contributed by atoms with van der Waals surface area (Å²) in [5.41, 5.74) is 3.62. The Morgan fingerprint density at radius 3 is 1.95 bits per heavy atom. The minimum Gasteiger partial charge on any atom is -0.497 e. The van der Waals surface area contributed by atoms with Gasteiger partial charge in [0.1, 0.15) is 23.2 Å². The quantitative estimate of drug-likeness (QED) is 0.341. The number of ketones is 1. The number of carbonyl (C=O) groups excluding carboxylic acids is 3. The topological polar surface area (TPSA) is 114 Å². The van der Waals surface area contributed by atoms with Gasteiger partial charge in [0.15, 0.2) is 0 Å². The Kier molecular flexibility index (Phi) is 8.54. The van der Waals surface area contributed by atoms with E-state index in [0.29, 0.717) is 28.4 Å². The van der Waals surface area contributed by atoms with E-state index in [1.54, 1.807) is 30.3 Å². The molecule has 0 aliphatic heterocycles. The van der Waals surface area contributed by atoms with Crippen molar-refractivity contribution in [1.82, 2.24) is 0 Å². The lowest BCUT2D eigenvalue weighted by molar-refractivity contribution is -0.150. The maximum absolute atomic E-state index is 14.1. The minimum atomic E-state index is -1.75. The number of ether oxygens (including phenoxy) is 2. The molecule has 0 radical (unpaired) electrons. The Labute approximate surface area is 241 Å². The number of rotatable bonds is 7. The lowest BCUT2D eigenvalue weighted by atomic mass is 9.61.